The molecular formula is C14H17FN2O3. The van der Waals surface area contributed by atoms with Gasteiger partial charge < -0.3 is 15.7 Å². The van der Waals surface area contributed by atoms with Crippen molar-refractivity contribution in [3.63, 3.8) is 0 Å². The molecule has 1 aromatic carbocycles. The van der Waals surface area contributed by atoms with E-state index in [4.69, 9.17) is 5.11 Å². The normalized spacial score (nSPS) is 15.1. The number of carboxylic acids is 1. The van der Waals surface area contributed by atoms with E-state index in [9.17, 15) is 14.0 Å². The molecule has 1 saturated carbocycles. The molecule has 1 aliphatic rings. The van der Waals surface area contributed by atoms with Gasteiger partial charge in [0.1, 0.15) is 5.82 Å². The number of hydrogen-bond acceptors (Lipinski definition) is 2. The van der Waals surface area contributed by atoms with Gasteiger partial charge in [-0.3, -0.25) is 0 Å². The lowest BCUT2D eigenvalue weighted by atomic mass is 10.1. The van der Waals surface area contributed by atoms with Crippen molar-refractivity contribution in [1.82, 2.24) is 5.32 Å². The fourth-order valence-electron chi connectivity index (χ4n) is 2.39. The minimum atomic E-state index is -1.33. The van der Waals surface area contributed by atoms with Crippen molar-refractivity contribution in [2.45, 2.75) is 25.7 Å². The minimum Gasteiger partial charge on any atom is -0.478 e. The number of benzene rings is 1. The van der Waals surface area contributed by atoms with Gasteiger partial charge in [-0.15, -0.1) is 0 Å². The largest absolute Gasteiger partial charge is 0.478 e. The van der Waals surface area contributed by atoms with Crippen molar-refractivity contribution in [1.29, 1.82) is 0 Å². The second kappa shape index (κ2) is 6.36. The van der Waals surface area contributed by atoms with Crippen molar-refractivity contribution in [2.24, 2.45) is 5.92 Å². The summed E-state index contributed by atoms with van der Waals surface area (Å²) in [5, 5.41) is 13.9. The van der Waals surface area contributed by atoms with Crippen LogP contribution in [0.15, 0.2) is 18.2 Å². The molecule has 0 radical (unpaired) electrons. The molecule has 2 rings (SSSR count). The molecule has 108 valence electrons. The summed E-state index contributed by atoms with van der Waals surface area (Å²) in [4.78, 5) is 22.3. The molecule has 0 spiro atoms. The van der Waals surface area contributed by atoms with Gasteiger partial charge in [-0.05, 0) is 37.0 Å². The molecule has 5 nitrogen and oxygen atoms in total. The van der Waals surface area contributed by atoms with E-state index in [0.29, 0.717) is 12.5 Å². The second-order valence-electron chi connectivity index (χ2n) is 4.99. The molecule has 0 bridgehead atoms. The number of nitrogens with one attached hydrogen (secondary N) is 2. The smallest absolute Gasteiger partial charge is 0.338 e. The monoisotopic (exact) mass is 280 g/mol. The van der Waals surface area contributed by atoms with Crippen LogP contribution in [0, 0.1) is 11.7 Å². The van der Waals surface area contributed by atoms with Gasteiger partial charge in [-0.1, -0.05) is 12.8 Å². The average Bonchev–Trinajstić information content (AvgIpc) is 2.89. The number of urea groups is 1. The molecule has 0 unspecified atom stereocenters. The van der Waals surface area contributed by atoms with Crippen molar-refractivity contribution in [3.05, 3.63) is 29.6 Å². The Bertz CT molecular complexity index is 513. The fourth-order valence-corrected chi connectivity index (χ4v) is 2.39. The summed E-state index contributed by atoms with van der Waals surface area (Å²) in [6, 6.07) is 3.09. The Balaban J connectivity index is 1.87. The van der Waals surface area contributed by atoms with Crippen molar-refractivity contribution in [2.75, 3.05) is 11.9 Å². The van der Waals surface area contributed by atoms with Crippen molar-refractivity contribution >= 4 is 17.7 Å². The standard InChI is InChI=1S/C14H17FN2O3/c15-12-7-10(5-6-11(12)13(18)19)17-14(20)16-8-9-3-1-2-4-9/h5-7,9H,1-4,8H2,(H,18,19)(H2,16,17,20). The minimum absolute atomic E-state index is 0.233. The molecule has 2 amide bonds. The number of halogens is 1. The third kappa shape index (κ3) is 3.69. The molecule has 6 heteroatoms. The molecule has 3 N–H and O–H groups in total. The maximum Gasteiger partial charge on any atom is 0.338 e. The lowest BCUT2D eigenvalue weighted by Crippen LogP contribution is -2.32. The predicted octanol–water partition coefficient (Wildman–Crippen LogP) is 2.84. The first-order chi connectivity index (χ1) is 9.56. The van der Waals surface area contributed by atoms with E-state index >= 15 is 0 Å². The van der Waals surface area contributed by atoms with Gasteiger partial charge in [0.05, 0.1) is 5.56 Å². The van der Waals surface area contributed by atoms with Crippen LogP contribution in [-0.4, -0.2) is 23.7 Å². The Morgan fingerprint density at radius 3 is 2.60 bits per heavy atom. The Labute approximate surface area is 116 Å². The molecule has 20 heavy (non-hydrogen) atoms. The molecule has 0 heterocycles. The maximum absolute atomic E-state index is 13.4. The lowest BCUT2D eigenvalue weighted by molar-refractivity contribution is 0.0692. The molecule has 1 aromatic rings. The van der Waals surface area contributed by atoms with Gasteiger partial charge >= 0.3 is 12.0 Å². The second-order valence-corrected chi connectivity index (χ2v) is 4.99. The Morgan fingerprint density at radius 2 is 2.00 bits per heavy atom. The van der Waals surface area contributed by atoms with E-state index in [1.165, 1.54) is 18.9 Å². The van der Waals surface area contributed by atoms with Gasteiger partial charge in [-0.25, -0.2) is 14.0 Å². The first-order valence-corrected chi connectivity index (χ1v) is 6.64. The number of carboxylic acid groups (broad SMARTS) is 1. The first-order valence-electron chi connectivity index (χ1n) is 6.64. The Morgan fingerprint density at radius 1 is 1.30 bits per heavy atom. The van der Waals surface area contributed by atoms with Crippen LogP contribution in [0.1, 0.15) is 36.0 Å². The summed E-state index contributed by atoms with van der Waals surface area (Å²) >= 11 is 0. The predicted molar refractivity (Wildman–Crippen MR) is 72.3 cm³/mol. The zero-order valence-electron chi connectivity index (χ0n) is 11.0. The van der Waals surface area contributed by atoms with Crippen LogP contribution in [0.2, 0.25) is 0 Å². The number of hydrogen-bond donors (Lipinski definition) is 3. The molecular weight excluding hydrogens is 263 g/mol. The van der Waals surface area contributed by atoms with Gasteiger partial charge in [0.15, 0.2) is 0 Å². The summed E-state index contributed by atoms with van der Waals surface area (Å²) in [6.07, 6.45) is 4.66. The summed E-state index contributed by atoms with van der Waals surface area (Å²) in [5.41, 5.74) is -0.182. The molecule has 1 fully saturated rings. The third-order valence-corrected chi connectivity index (χ3v) is 3.48. The molecule has 0 atom stereocenters. The van der Waals surface area contributed by atoms with Crippen LogP contribution < -0.4 is 10.6 Å². The van der Waals surface area contributed by atoms with Gasteiger partial charge in [-0.2, -0.15) is 0 Å². The van der Waals surface area contributed by atoms with E-state index in [0.717, 1.165) is 25.0 Å². The quantitative estimate of drug-likeness (QED) is 0.793. The van der Waals surface area contributed by atoms with E-state index in [1.807, 2.05) is 0 Å². The lowest BCUT2D eigenvalue weighted by Gasteiger charge is -2.12. The molecule has 0 saturated heterocycles. The van der Waals surface area contributed by atoms with Gasteiger partial charge in [0.2, 0.25) is 0 Å². The number of rotatable bonds is 4. The zero-order valence-corrected chi connectivity index (χ0v) is 11.0. The fraction of sp³-hybridized carbons (Fsp3) is 0.429. The molecule has 1 aliphatic carbocycles. The third-order valence-electron chi connectivity index (χ3n) is 3.48. The highest BCUT2D eigenvalue weighted by Gasteiger charge is 2.16. The first kappa shape index (κ1) is 14.3. The highest BCUT2D eigenvalue weighted by atomic mass is 19.1. The number of amides is 2. The SMILES string of the molecule is O=C(NCC1CCCC1)Nc1ccc(C(=O)O)c(F)c1. The Kier molecular flexibility index (Phi) is 4.55. The average molecular weight is 280 g/mol. The number of carbonyl (C=O) groups excluding carboxylic acids is 1. The Hall–Kier alpha value is -2.11. The summed E-state index contributed by atoms with van der Waals surface area (Å²) in [7, 11) is 0. The van der Waals surface area contributed by atoms with E-state index in [-0.39, 0.29) is 5.69 Å². The molecule has 0 aromatic heterocycles. The van der Waals surface area contributed by atoms with E-state index < -0.39 is 23.4 Å². The summed E-state index contributed by atoms with van der Waals surface area (Å²) in [6.45, 7) is 0.613. The maximum atomic E-state index is 13.4. The number of aromatic carboxylic acids is 1. The highest BCUT2D eigenvalue weighted by Crippen LogP contribution is 2.23. The van der Waals surface area contributed by atoms with Gasteiger partial charge in [0, 0.05) is 12.2 Å². The van der Waals surface area contributed by atoms with Crippen LogP contribution in [-0.2, 0) is 0 Å². The van der Waals surface area contributed by atoms with E-state index in [2.05, 4.69) is 10.6 Å². The van der Waals surface area contributed by atoms with Crippen molar-refractivity contribution in [3.8, 4) is 0 Å². The number of carbonyl (C=O) groups is 2. The molecule has 0 aliphatic heterocycles. The summed E-state index contributed by atoms with van der Waals surface area (Å²) in [5.74, 6) is -1.68. The van der Waals surface area contributed by atoms with Crippen molar-refractivity contribution < 1.29 is 19.1 Å². The van der Waals surface area contributed by atoms with Crippen LogP contribution >= 0.6 is 0 Å². The van der Waals surface area contributed by atoms with E-state index in [1.54, 1.807) is 0 Å². The van der Waals surface area contributed by atoms with Crippen LogP contribution in [0.25, 0.3) is 0 Å². The summed E-state index contributed by atoms with van der Waals surface area (Å²) < 4.78 is 13.4. The van der Waals surface area contributed by atoms with Crippen LogP contribution in [0.5, 0.6) is 0 Å². The number of anilines is 1. The topological polar surface area (TPSA) is 78.4 Å². The zero-order chi connectivity index (χ0) is 14.5. The highest BCUT2D eigenvalue weighted by molar-refractivity contribution is 5.91. The van der Waals surface area contributed by atoms with Crippen LogP contribution in [0.3, 0.4) is 0 Å². The van der Waals surface area contributed by atoms with Crippen LogP contribution in [0.4, 0.5) is 14.9 Å². The van der Waals surface area contributed by atoms with Gasteiger partial charge in [0.25, 0.3) is 0 Å².